The predicted octanol–water partition coefficient (Wildman–Crippen LogP) is 3.97. The summed E-state index contributed by atoms with van der Waals surface area (Å²) in [5.74, 6) is 1.79. The Hall–Kier alpha value is -2.76. The number of aryl methyl sites for hydroxylation is 1. The number of benzene rings is 1. The van der Waals surface area contributed by atoms with Gasteiger partial charge in [0.15, 0.2) is 0 Å². The number of thioether (sulfide) groups is 1. The Kier molecular flexibility index (Phi) is 6.17. The maximum atomic E-state index is 13.1. The van der Waals surface area contributed by atoms with Crippen LogP contribution in [0.2, 0.25) is 0 Å². The van der Waals surface area contributed by atoms with Crippen molar-refractivity contribution in [1.82, 2.24) is 29.0 Å². The molecule has 1 aliphatic heterocycles. The molecular weight excluding hydrogens is 460 g/mol. The standard InChI is InChI=1S/C22H24N6O3S2/c1-2-28-19-7-6-17(33(29,30)27-12-4-3-5-13-27)14-18(19)24-20(28)15-32-22-26-25-21(31-22)16-8-10-23-11-9-16/h6-11,14H,2-5,12-13,15H2,1H3. The van der Waals surface area contributed by atoms with Crippen molar-refractivity contribution in [3.05, 3.63) is 48.5 Å². The SMILES string of the molecule is CCn1c(CSc2nnc(-c3ccncc3)o2)nc2cc(S(=O)(=O)N3CCCCC3)ccc21. The summed E-state index contributed by atoms with van der Waals surface area (Å²) >= 11 is 1.40. The number of imidazole rings is 1. The van der Waals surface area contributed by atoms with Gasteiger partial charge in [-0.15, -0.1) is 10.2 Å². The minimum absolute atomic E-state index is 0.302. The summed E-state index contributed by atoms with van der Waals surface area (Å²) in [5, 5.41) is 8.67. The third-order valence-corrected chi connectivity index (χ3v) is 8.44. The van der Waals surface area contributed by atoms with E-state index >= 15 is 0 Å². The average Bonchev–Trinajstić information content (AvgIpc) is 3.47. The van der Waals surface area contributed by atoms with Crippen LogP contribution in [0, 0.1) is 0 Å². The number of fused-ring (bicyclic) bond motifs is 1. The molecule has 0 saturated carbocycles. The molecule has 1 aromatic carbocycles. The molecule has 11 heteroatoms. The fraction of sp³-hybridized carbons (Fsp3) is 0.364. The summed E-state index contributed by atoms with van der Waals surface area (Å²) in [4.78, 5) is 9.04. The molecule has 3 aromatic heterocycles. The monoisotopic (exact) mass is 484 g/mol. The van der Waals surface area contributed by atoms with Crippen LogP contribution in [0.25, 0.3) is 22.5 Å². The summed E-state index contributed by atoms with van der Waals surface area (Å²) in [6.07, 6.45) is 6.25. The quantitative estimate of drug-likeness (QED) is 0.363. The van der Waals surface area contributed by atoms with E-state index in [0.717, 1.165) is 42.7 Å². The van der Waals surface area contributed by atoms with E-state index in [0.29, 0.717) is 40.4 Å². The maximum Gasteiger partial charge on any atom is 0.277 e. The lowest BCUT2D eigenvalue weighted by molar-refractivity contribution is 0.346. The third-order valence-electron chi connectivity index (χ3n) is 5.73. The molecule has 33 heavy (non-hydrogen) atoms. The fourth-order valence-electron chi connectivity index (χ4n) is 4.04. The van der Waals surface area contributed by atoms with Crippen LogP contribution < -0.4 is 0 Å². The molecule has 4 aromatic rings. The minimum Gasteiger partial charge on any atom is -0.411 e. The van der Waals surface area contributed by atoms with Gasteiger partial charge in [0.25, 0.3) is 5.22 Å². The van der Waals surface area contributed by atoms with Crippen LogP contribution in [0.5, 0.6) is 0 Å². The molecule has 4 heterocycles. The van der Waals surface area contributed by atoms with Crippen molar-refractivity contribution in [2.45, 2.75) is 48.6 Å². The highest BCUT2D eigenvalue weighted by atomic mass is 32.2. The van der Waals surface area contributed by atoms with Gasteiger partial charge in [-0.25, -0.2) is 13.4 Å². The first-order chi connectivity index (χ1) is 16.1. The van der Waals surface area contributed by atoms with Crippen molar-refractivity contribution < 1.29 is 12.8 Å². The second kappa shape index (κ2) is 9.24. The van der Waals surface area contributed by atoms with Crippen LogP contribution in [0.3, 0.4) is 0 Å². The normalized spacial score (nSPS) is 15.3. The molecule has 172 valence electrons. The van der Waals surface area contributed by atoms with Crippen LogP contribution in [-0.2, 0) is 22.3 Å². The molecule has 0 unspecified atom stereocenters. The van der Waals surface area contributed by atoms with Crippen molar-refractivity contribution >= 4 is 32.8 Å². The number of rotatable bonds is 7. The van der Waals surface area contributed by atoms with Crippen molar-refractivity contribution in [2.75, 3.05) is 13.1 Å². The van der Waals surface area contributed by atoms with Crippen molar-refractivity contribution in [3.63, 3.8) is 0 Å². The van der Waals surface area contributed by atoms with Gasteiger partial charge in [-0.2, -0.15) is 4.31 Å². The van der Waals surface area contributed by atoms with Gasteiger partial charge >= 0.3 is 0 Å². The van der Waals surface area contributed by atoms with Crippen molar-refractivity contribution in [2.24, 2.45) is 0 Å². The first-order valence-corrected chi connectivity index (χ1v) is 13.3. The van der Waals surface area contributed by atoms with Crippen LogP contribution >= 0.6 is 11.8 Å². The van der Waals surface area contributed by atoms with Gasteiger partial charge in [-0.3, -0.25) is 4.98 Å². The molecule has 1 fully saturated rings. The first kappa shape index (κ1) is 22.1. The van der Waals surface area contributed by atoms with E-state index in [2.05, 4.69) is 19.7 Å². The molecule has 0 N–H and O–H groups in total. The third kappa shape index (κ3) is 4.40. The number of hydrogen-bond donors (Lipinski definition) is 0. The van der Waals surface area contributed by atoms with Gasteiger partial charge in [-0.1, -0.05) is 18.2 Å². The number of nitrogens with zero attached hydrogens (tertiary/aromatic N) is 6. The number of sulfonamides is 1. The van der Waals surface area contributed by atoms with Gasteiger partial charge in [0.2, 0.25) is 15.9 Å². The number of pyridine rings is 1. The van der Waals surface area contributed by atoms with Crippen molar-refractivity contribution in [1.29, 1.82) is 0 Å². The highest BCUT2D eigenvalue weighted by Gasteiger charge is 2.26. The predicted molar refractivity (Wildman–Crippen MR) is 125 cm³/mol. The molecule has 0 atom stereocenters. The summed E-state index contributed by atoms with van der Waals surface area (Å²) in [6.45, 7) is 3.92. The smallest absolute Gasteiger partial charge is 0.277 e. The van der Waals surface area contributed by atoms with E-state index in [-0.39, 0.29) is 0 Å². The van der Waals surface area contributed by atoms with Gasteiger partial charge in [0, 0.05) is 37.6 Å². The topological polar surface area (TPSA) is 107 Å². The Morgan fingerprint density at radius 3 is 2.61 bits per heavy atom. The van der Waals surface area contributed by atoms with Crippen LogP contribution in [0.4, 0.5) is 0 Å². The van der Waals surface area contributed by atoms with Crippen molar-refractivity contribution in [3.8, 4) is 11.5 Å². The zero-order valence-electron chi connectivity index (χ0n) is 18.2. The van der Waals surface area contributed by atoms with E-state index in [1.54, 1.807) is 28.8 Å². The highest BCUT2D eigenvalue weighted by molar-refractivity contribution is 7.98. The van der Waals surface area contributed by atoms with E-state index in [9.17, 15) is 8.42 Å². The molecule has 5 rings (SSSR count). The zero-order valence-corrected chi connectivity index (χ0v) is 19.8. The largest absolute Gasteiger partial charge is 0.411 e. The van der Waals surface area contributed by atoms with E-state index in [4.69, 9.17) is 9.40 Å². The molecule has 0 bridgehead atoms. The highest BCUT2D eigenvalue weighted by Crippen LogP contribution is 2.29. The van der Waals surface area contributed by atoms with Crippen LogP contribution in [0.1, 0.15) is 32.0 Å². The lowest BCUT2D eigenvalue weighted by Crippen LogP contribution is -2.35. The molecule has 0 aliphatic carbocycles. The number of piperidine rings is 1. The van der Waals surface area contributed by atoms with E-state index in [1.165, 1.54) is 11.8 Å². The first-order valence-electron chi connectivity index (χ1n) is 10.9. The molecule has 0 amide bonds. The Morgan fingerprint density at radius 1 is 1.06 bits per heavy atom. The Bertz CT molecular complexity index is 1360. The van der Waals surface area contributed by atoms with Crippen LogP contribution in [-0.4, -0.2) is 50.5 Å². The van der Waals surface area contributed by atoms with E-state index < -0.39 is 10.0 Å². The minimum atomic E-state index is -3.50. The zero-order chi connectivity index (χ0) is 22.8. The lowest BCUT2D eigenvalue weighted by Gasteiger charge is -2.25. The van der Waals surface area contributed by atoms with Gasteiger partial charge < -0.3 is 8.98 Å². The lowest BCUT2D eigenvalue weighted by atomic mass is 10.2. The summed E-state index contributed by atoms with van der Waals surface area (Å²) < 4.78 is 35.6. The molecule has 0 radical (unpaired) electrons. The molecule has 1 saturated heterocycles. The van der Waals surface area contributed by atoms with Crippen LogP contribution in [0.15, 0.2) is 57.3 Å². The maximum absolute atomic E-state index is 13.1. The Balaban J connectivity index is 1.38. The number of hydrogen-bond acceptors (Lipinski definition) is 8. The second-order valence-electron chi connectivity index (χ2n) is 7.79. The molecular formula is C22H24N6O3S2. The van der Waals surface area contributed by atoms with Gasteiger partial charge in [0.1, 0.15) is 5.82 Å². The fourth-order valence-corrected chi connectivity index (χ4v) is 6.29. The molecule has 1 aliphatic rings. The summed E-state index contributed by atoms with van der Waals surface area (Å²) in [5.41, 5.74) is 2.40. The van der Waals surface area contributed by atoms with Gasteiger partial charge in [0.05, 0.1) is 21.7 Å². The summed E-state index contributed by atoms with van der Waals surface area (Å²) in [7, 11) is -3.50. The van der Waals surface area contributed by atoms with E-state index in [1.807, 2.05) is 25.1 Å². The second-order valence-corrected chi connectivity index (χ2v) is 10.6. The van der Waals surface area contributed by atoms with Gasteiger partial charge in [-0.05, 0) is 50.1 Å². The molecule has 0 spiro atoms. The molecule has 9 nitrogen and oxygen atoms in total. The summed E-state index contributed by atoms with van der Waals surface area (Å²) in [6, 6.07) is 8.86. The Morgan fingerprint density at radius 2 is 1.85 bits per heavy atom. The average molecular weight is 485 g/mol. The number of aromatic nitrogens is 5. The Labute approximate surface area is 196 Å².